The van der Waals surface area contributed by atoms with Gasteiger partial charge >= 0.3 is 0 Å². The molecule has 5 aromatic rings. The quantitative estimate of drug-likeness (QED) is 0.115. The Morgan fingerprint density at radius 3 is 2.00 bits per heavy atom. The Morgan fingerprint density at radius 1 is 0.714 bits per heavy atom. The number of benzene rings is 3. The second-order valence-electron chi connectivity index (χ2n) is 13.3. The summed E-state index contributed by atoms with van der Waals surface area (Å²) in [4.78, 5) is 0. The number of pyridine rings is 2. The SMILES string of the molecule is C=CC1C(C2c3ccccc3-c3cc(-c4ccccc4)cc[n+]32)c2ccccc2-c2cc(C(C)C)c([Si](C)(C)C)c[n+]21. The highest BCUT2D eigenvalue weighted by Crippen LogP contribution is 2.49. The highest BCUT2D eigenvalue weighted by molar-refractivity contribution is 6.89. The molecule has 3 aromatic carbocycles. The summed E-state index contributed by atoms with van der Waals surface area (Å²) in [5.41, 5.74) is 12.1. The molecule has 4 heterocycles. The maximum absolute atomic E-state index is 4.47. The number of nitrogens with zero attached hydrogens (tertiary/aromatic N) is 2. The molecule has 0 aliphatic carbocycles. The average Bonchev–Trinajstić information content (AvgIpc) is 3.33. The van der Waals surface area contributed by atoms with Crippen LogP contribution in [-0.2, 0) is 0 Å². The Hall–Kier alpha value is -4.08. The summed E-state index contributed by atoms with van der Waals surface area (Å²) in [6, 6.07) is 36.3. The molecule has 0 spiro atoms. The van der Waals surface area contributed by atoms with E-state index in [1.807, 2.05) is 0 Å². The molecule has 7 rings (SSSR count). The zero-order valence-electron chi connectivity index (χ0n) is 25.4. The third-order valence-corrected chi connectivity index (χ3v) is 11.4. The number of aromatic nitrogens is 2. The predicted molar refractivity (Wildman–Crippen MR) is 177 cm³/mol. The smallest absolute Gasteiger partial charge is 0.191 e. The van der Waals surface area contributed by atoms with E-state index in [4.69, 9.17) is 0 Å². The Morgan fingerprint density at radius 2 is 1.33 bits per heavy atom. The van der Waals surface area contributed by atoms with E-state index in [0.717, 1.165) is 0 Å². The van der Waals surface area contributed by atoms with Crippen LogP contribution in [0, 0.1) is 0 Å². The minimum atomic E-state index is -1.60. The number of hydrogen-bond donors (Lipinski definition) is 0. The monoisotopic (exact) mass is 564 g/mol. The maximum atomic E-state index is 4.47. The van der Waals surface area contributed by atoms with E-state index in [-0.39, 0.29) is 18.0 Å². The van der Waals surface area contributed by atoms with E-state index < -0.39 is 8.07 Å². The standard InChI is InChI=1S/C39H40N2Si/c1-7-34-38(31-19-13-11-17-29(31)36-24-33(26(2)3)37(25-41(34)36)42(4,5)6)39-32-20-14-12-18-30(32)35-23-28(21-22-40(35)39)27-15-9-8-10-16-27/h7-26,34,38-39H,1H2,2-6H3/q+2. The van der Waals surface area contributed by atoms with Crippen molar-refractivity contribution in [1.29, 1.82) is 0 Å². The summed E-state index contributed by atoms with van der Waals surface area (Å²) in [5.74, 6) is 0.679. The molecule has 3 unspecified atom stereocenters. The fourth-order valence-electron chi connectivity index (χ4n) is 7.43. The van der Waals surface area contributed by atoms with Crippen molar-refractivity contribution in [2.75, 3.05) is 0 Å². The zero-order valence-corrected chi connectivity index (χ0v) is 26.4. The van der Waals surface area contributed by atoms with Gasteiger partial charge in [0.1, 0.15) is 5.92 Å². The summed E-state index contributed by atoms with van der Waals surface area (Å²) >= 11 is 0. The van der Waals surface area contributed by atoms with Crippen molar-refractivity contribution in [2.24, 2.45) is 0 Å². The fourth-order valence-corrected chi connectivity index (χ4v) is 9.18. The number of rotatable bonds is 5. The second-order valence-corrected chi connectivity index (χ2v) is 18.3. The summed E-state index contributed by atoms with van der Waals surface area (Å²) in [6.07, 6.45) is 7.03. The van der Waals surface area contributed by atoms with E-state index in [1.54, 1.807) is 5.19 Å². The molecule has 0 fully saturated rings. The molecular weight excluding hydrogens is 525 g/mol. The summed E-state index contributed by atoms with van der Waals surface area (Å²) in [6.45, 7) is 16.6. The van der Waals surface area contributed by atoms with Gasteiger partial charge in [-0.3, -0.25) is 0 Å². The number of allylic oxidation sites excluding steroid dienone is 1. The lowest BCUT2D eigenvalue weighted by atomic mass is 9.76. The van der Waals surface area contributed by atoms with Crippen molar-refractivity contribution in [3.8, 4) is 33.6 Å². The molecule has 42 heavy (non-hydrogen) atoms. The molecule has 0 radical (unpaired) electrons. The Labute approximate surface area is 251 Å². The third-order valence-electron chi connectivity index (χ3n) is 9.39. The molecule has 0 amide bonds. The Balaban J connectivity index is 1.47. The van der Waals surface area contributed by atoms with Gasteiger partial charge in [0.25, 0.3) is 0 Å². The van der Waals surface area contributed by atoms with Crippen LogP contribution in [0.5, 0.6) is 0 Å². The molecule has 3 heteroatoms. The van der Waals surface area contributed by atoms with Crippen LogP contribution < -0.4 is 14.3 Å². The van der Waals surface area contributed by atoms with Gasteiger partial charge in [-0.2, -0.15) is 9.13 Å². The van der Waals surface area contributed by atoms with Crippen LogP contribution in [0.15, 0.2) is 122 Å². The predicted octanol–water partition coefficient (Wildman–Crippen LogP) is 8.36. The molecule has 2 aliphatic heterocycles. The first-order valence-corrected chi connectivity index (χ1v) is 18.8. The third kappa shape index (κ3) is 4.13. The van der Waals surface area contributed by atoms with Gasteiger partial charge in [0, 0.05) is 28.9 Å². The molecular formula is C39H40N2Si+2. The van der Waals surface area contributed by atoms with Gasteiger partial charge in [-0.15, -0.1) is 0 Å². The van der Waals surface area contributed by atoms with Crippen LogP contribution >= 0.6 is 0 Å². The van der Waals surface area contributed by atoms with Gasteiger partial charge in [-0.1, -0.05) is 107 Å². The lowest BCUT2D eigenvalue weighted by Gasteiger charge is -2.32. The lowest BCUT2D eigenvalue weighted by molar-refractivity contribution is -0.738. The molecule has 2 nitrogen and oxygen atoms in total. The van der Waals surface area contributed by atoms with Gasteiger partial charge in [-0.05, 0) is 46.4 Å². The van der Waals surface area contributed by atoms with E-state index in [1.165, 1.54) is 50.3 Å². The summed E-state index contributed by atoms with van der Waals surface area (Å²) in [5, 5.41) is 1.55. The Bertz CT molecular complexity index is 1830. The Kier molecular flexibility index (Phi) is 6.40. The van der Waals surface area contributed by atoms with Crippen LogP contribution in [0.3, 0.4) is 0 Å². The van der Waals surface area contributed by atoms with Crippen LogP contribution in [-0.4, -0.2) is 8.07 Å². The van der Waals surface area contributed by atoms with Gasteiger partial charge in [-0.25, -0.2) is 0 Å². The maximum Gasteiger partial charge on any atom is 0.214 e. The first-order chi connectivity index (χ1) is 20.3. The summed E-state index contributed by atoms with van der Waals surface area (Å²) < 4.78 is 5.10. The first kappa shape index (κ1) is 26.8. The van der Waals surface area contributed by atoms with Crippen LogP contribution in [0.4, 0.5) is 0 Å². The molecule has 2 aliphatic rings. The van der Waals surface area contributed by atoms with Crippen LogP contribution in [0.2, 0.25) is 19.6 Å². The largest absolute Gasteiger partial charge is 0.214 e. The van der Waals surface area contributed by atoms with Gasteiger partial charge in [0.05, 0.1) is 19.2 Å². The molecule has 0 bridgehead atoms. The molecule has 2 aromatic heterocycles. The van der Waals surface area contributed by atoms with Gasteiger partial charge in [0.15, 0.2) is 24.5 Å². The van der Waals surface area contributed by atoms with Crippen molar-refractivity contribution in [3.05, 3.63) is 139 Å². The zero-order chi connectivity index (χ0) is 29.2. The normalized spacial score (nSPS) is 18.7. The minimum Gasteiger partial charge on any atom is -0.191 e. The average molecular weight is 565 g/mol. The van der Waals surface area contributed by atoms with Crippen molar-refractivity contribution >= 4 is 13.3 Å². The van der Waals surface area contributed by atoms with E-state index >= 15 is 0 Å². The van der Waals surface area contributed by atoms with Gasteiger partial charge in [0.2, 0.25) is 11.4 Å². The minimum absolute atomic E-state index is 0.122. The van der Waals surface area contributed by atoms with E-state index in [0.29, 0.717) is 5.92 Å². The van der Waals surface area contributed by atoms with Gasteiger partial charge < -0.3 is 0 Å². The molecule has 3 atom stereocenters. The van der Waals surface area contributed by atoms with Crippen molar-refractivity contribution in [3.63, 3.8) is 0 Å². The second kappa shape index (κ2) is 10.0. The van der Waals surface area contributed by atoms with Crippen LogP contribution in [0.1, 0.15) is 54.5 Å². The van der Waals surface area contributed by atoms with E-state index in [9.17, 15) is 0 Å². The van der Waals surface area contributed by atoms with Crippen molar-refractivity contribution in [1.82, 2.24) is 0 Å². The molecule has 0 saturated heterocycles. The molecule has 0 saturated carbocycles. The highest BCUT2D eigenvalue weighted by Gasteiger charge is 2.52. The highest BCUT2D eigenvalue weighted by atomic mass is 28.3. The van der Waals surface area contributed by atoms with Crippen molar-refractivity contribution < 1.29 is 9.13 Å². The molecule has 208 valence electrons. The van der Waals surface area contributed by atoms with Crippen molar-refractivity contribution in [2.45, 2.75) is 57.4 Å². The topological polar surface area (TPSA) is 7.76 Å². The molecule has 0 N–H and O–H groups in total. The van der Waals surface area contributed by atoms with E-state index in [2.05, 4.69) is 165 Å². The van der Waals surface area contributed by atoms with Crippen LogP contribution in [0.25, 0.3) is 33.6 Å². The summed E-state index contributed by atoms with van der Waals surface area (Å²) in [7, 11) is -1.60. The first-order valence-electron chi connectivity index (χ1n) is 15.3. The lowest BCUT2D eigenvalue weighted by Crippen LogP contribution is -2.56. The number of hydrogen-bond acceptors (Lipinski definition) is 0. The number of fused-ring (bicyclic) bond motifs is 6. The fraction of sp³-hybridized carbons (Fsp3) is 0.231.